The van der Waals surface area contributed by atoms with E-state index in [9.17, 15) is 0 Å². The first-order valence-corrected chi connectivity index (χ1v) is 9.45. The summed E-state index contributed by atoms with van der Waals surface area (Å²) < 4.78 is 0. The predicted octanol–water partition coefficient (Wildman–Crippen LogP) is 6.10. The quantitative estimate of drug-likeness (QED) is 0.496. The van der Waals surface area contributed by atoms with Gasteiger partial charge in [0.05, 0.1) is 5.69 Å². The van der Waals surface area contributed by atoms with Crippen LogP contribution in [0.25, 0.3) is 11.3 Å². The van der Waals surface area contributed by atoms with Gasteiger partial charge in [0.1, 0.15) is 5.82 Å². The lowest BCUT2D eigenvalue weighted by Gasteiger charge is -2.03. The van der Waals surface area contributed by atoms with Gasteiger partial charge in [0.15, 0.2) is 0 Å². The van der Waals surface area contributed by atoms with Crippen LogP contribution < -0.4 is 0 Å². The average Bonchev–Trinajstić information content (AvgIpc) is 3.00. The Bertz CT molecular complexity index is 770. The standard InChI is InChI=1S/C23H28N2/c1-3-4-5-7-10-19-13-15-21(16-14-19)23-18(2)24-22(25-23)17-20-11-8-6-9-12-20/h6,8-9,11-16H,3-5,7,10,17H2,1-2H3,(H,24,25). The minimum Gasteiger partial charge on any atom is -0.345 e. The minimum atomic E-state index is 0.844. The van der Waals surface area contributed by atoms with Crippen LogP contribution in [0.4, 0.5) is 0 Å². The summed E-state index contributed by atoms with van der Waals surface area (Å²) >= 11 is 0. The number of benzene rings is 2. The van der Waals surface area contributed by atoms with Crippen LogP contribution >= 0.6 is 0 Å². The van der Waals surface area contributed by atoms with Crippen molar-refractivity contribution in [3.8, 4) is 11.3 Å². The Labute approximate surface area is 151 Å². The van der Waals surface area contributed by atoms with Crippen LogP contribution in [0.15, 0.2) is 54.6 Å². The number of nitrogens with zero attached hydrogens (tertiary/aromatic N) is 1. The monoisotopic (exact) mass is 332 g/mol. The van der Waals surface area contributed by atoms with Crippen LogP contribution in [-0.2, 0) is 12.8 Å². The highest BCUT2D eigenvalue weighted by atomic mass is 14.9. The van der Waals surface area contributed by atoms with E-state index in [1.165, 1.54) is 48.8 Å². The van der Waals surface area contributed by atoms with E-state index in [4.69, 9.17) is 4.98 Å². The Morgan fingerprint density at radius 1 is 0.840 bits per heavy atom. The summed E-state index contributed by atoms with van der Waals surface area (Å²) in [5.74, 6) is 1.03. The molecule has 0 aliphatic carbocycles. The van der Waals surface area contributed by atoms with E-state index in [0.717, 1.165) is 23.6 Å². The van der Waals surface area contributed by atoms with Crippen molar-refractivity contribution >= 4 is 0 Å². The van der Waals surface area contributed by atoms with Crippen LogP contribution in [0.2, 0.25) is 0 Å². The summed E-state index contributed by atoms with van der Waals surface area (Å²) in [5, 5.41) is 0. The van der Waals surface area contributed by atoms with Gasteiger partial charge in [-0.25, -0.2) is 4.98 Å². The van der Waals surface area contributed by atoms with E-state index >= 15 is 0 Å². The Balaban J connectivity index is 1.67. The third-order valence-electron chi connectivity index (χ3n) is 4.69. The number of H-pyrrole nitrogens is 1. The molecule has 25 heavy (non-hydrogen) atoms. The first-order chi connectivity index (χ1) is 12.3. The summed E-state index contributed by atoms with van der Waals surface area (Å²) in [4.78, 5) is 8.28. The third-order valence-corrected chi connectivity index (χ3v) is 4.69. The normalized spacial score (nSPS) is 11.0. The molecule has 0 bridgehead atoms. The number of rotatable bonds is 8. The summed E-state index contributed by atoms with van der Waals surface area (Å²) in [6, 6.07) is 19.4. The van der Waals surface area contributed by atoms with Crippen LogP contribution in [0, 0.1) is 6.92 Å². The highest BCUT2D eigenvalue weighted by Crippen LogP contribution is 2.23. The Morgan fingerprint density at radius 3 is 2.32 bits per heavy atom. The van der Waals surface area contributed by atoms with Gasteiger partial charge < -0.3 is 4.98 Å². The fourth-order valence-corrected chi connectivity index (χ4v) is 3.26. The first kappa shape index (κ1) is 17.5. The molecule has 0 aliphatic heterocycles. The lowest BCUT2D eigenvalue weighted by Crippen LogP contribution is -1.90. The Morgan fingerprint density at radius 2 is 1.60 bits per heavy atom. The number of aryl methyl sites for hydroxylation is 2. The second-order valence-electron chi connectivity index (χ2n) is 6.83. The maximum atomic E-state index is 4.84. The molecule has 1 heterocycles. The summed E-state index contributed by atoms with van der Waals surface area (Å²) in [7, 11) is 0. The molecule has 0 spiro atoms. The van der Waals surface area contributed by atoms with Crippen molar-refractivity contribution in [2.24, 2.45) is 0 Å². The van der Waals surface area contributed by atoms with Gasteiger partial charge in [-0.2, -0.15) is 0 Å². The van der Waals surface area contributed by atoms with Gasteiger partial charge in [0, 0.05) is 17.7 Å². The molecule has 3 rings (SSSR count). The maximum Gasteiger partial charge on any atom is 0.111 e. The second-order valence-corrected chi connectivity index (χ2v) is 6.83. The number of hydrogen-bond donors (Lipinski definition) is 1. The fraction of sp³-hybridized carbons (Fsp3) is 0.348. The molecule has 2 nitrogen and oxygen atoms in total. The van der Waals surface area contributed by atoms with Crippen LogP contribution in [-0.4, -0.2) is 9.97 Å². The lowest BCUT2D eigenvalue weighted by molar-refractivity contribution is 0.667. The minimum absolute atomic E-state index is 0.844. The topological polar surface area (TPSA) is 28.7 Å². The summed E-state index contributed by atoms with van der Waals surface area (Å²) in [5.41, 5.74) is 6.12. The molecule has 0 radical (unpaired) electrons. The van der Waals surface area contributed by atoms with Crippen molar-refractivity contribution < 1.29 is 0 Å². The molecule has 130 valence electrons. The van der Waals surface area contributed by atoms with Gasteiger partial charge in [-0.15, -0.1) is 0 Å². The molecule has 0 fully saturated rings. The smallest absolute Gasteiger partial charge is 0.111 e. The summed E-state index contributed by atoms with van der Waals surface area (Å²) in [6.07, 6.45) is 7.28. The van der Waals surface area contributed by atoms with Crippen LogP contribution in [0.3, 0.4) is 0 Å². The highest BCUT2D eigenvalue weighted by Gasteiger charge is 2.09. The van der Waals surface area contributed by atoms with Crippen molar-refractivity contribution in [2.75, 3.05) is 0 Å². The molecule has 3 aromatic rings. The van der Waals surface area contributed by atoms with Crippen LogP contribution in [0.5, 0.6) is 0 Å². The molecule has 2 heteroatoms. The van der Waals surface area contributed by atoms with E-state index in [1.807, 2.05) is 6.07 Å². The third kappa shape index (κ3) is 4.82. The van der Waals surface area contributed by atoms with E-state index in [-0.39, 0.29) is 0 Å². The molecule has 1 aromatic heterocycles. The van der Waals surface area contributed by atoms with Gasteiger partial charge in [0.2, 0.25) is 0 Å². The molecule has 0 unspecified atom stereocenters. The number of nitrogens with one attached hydrogen (secondary N) is 1. The van der Waals surface area contributed by atoms with Crippen molar-refractivity contribution in [1.29, 1.82) is 0 Å². The Hall–Kier alpha value is -2.35. The van der Waals surface area contributed by atoms with Crippen molar-refractivity contribution in [2.45, 2.75) is 52.4 Å². The van der Waals surface area contributed by atoms with Gasteiger partial charge >= 0.3 is 0 Å². The van der Waals surface area contributed by atoms with E-state index in [2.05, 4.69) is 67.4 Å². The van der Waals surface area contributed by atoms with Gasteiger partial charge in [-0.1, -0.05) is 80.8 Å². The molecular weight excluding hydrogens is 304 g/mol. The molecule has 0 amide bonds. The molecule has 2 aromatic carbocycles. The second kappa shape index (κ2) is 8.66. The number of aromatic nitrogens is 2. The molecular formula is C23H28N2. The average molecular weight is 332 g/mol. The number of imidazole rings is 1. The molecule has 0 saturated carbocycles. The van der Waals surface area contributed by atoms with Crippen LogP contribution in [0.1, 0.15) is 55.3 Å². The van der Waals surface area contributed by atoms with Crippen molar-refractivity contribution in [3.05, 3.63) is 77.2 Å². The lowest BCUT2D eigenvalue weighted by atomic mass is 10.0. The zero-order chi connectivity index (χ0) is 17.5. The first-order valence-electron chi connectivity index (χ1n) is 9.45. The van der Waals surface area contributed by atoms with Gasteiger partial charge in [-0.3, -0.25) is 0 Å². The molecule has 0 atom stereocenters. The number of hydrogen-bond acceptors (Lipinski definition) is 1. The van der Waals surface area contributed by atoms with E-state index < -0.39 is 0 Å². The van der Waals surface area contributed by atoms with Gasteiger partial charge in [0.25, 0.3) is 0 Å². The number of unbranched alkanes of at least 4 members (excludes halogenated alkanes) is 3. The van der Waals surface area contributed by atoms with E-state index in [1.54, 1.807) is 0 Å². The molecule has 0 saturated heterocycles. The SMILES string of the molecule is CCCCCCc1ccc(-c2nc(Cc3ccccc3)[nH]c2C)cc1. The maximum absolute atomic E-state index is 4.84. The zero-order valence-corrected chi connectivity index (χ0v) is 15.4. The molecule has 0 aliphatic rings. The highest BCUT2D eigenvalue weighted by molar-refractivity contribution is 5.62. The number of aromatic amines is 1. The largest absolute Gasteiger partial charge is 0.345 e. The van der Waals surface area contributed by atoms with E-state index in [0.29, 0.717) is 0 Å². The van der Waals surface area contributed by atoms with Gasteiger partial charge in [-0.05, 0) is 30.9 Å². The molecule has 1 N–H and O–H groups in total. The summed E-state index contributed by atoms with van der Waals surface area (Å²) in [6.45, 7) is 4.36. The fourth-order valence-electron chi connectivity index (χ4n) is 3.26. The Kier molecular flexibility index (Phi) is 6.05. The van der Waals surface area contributed by atoms with Crippen molar-refractivity contribution in [3.63, 3.8) is 0 Å². The predicted molar refractivity (Wildman–Crippen MR) is 106 cm³/mol. The van der Waals surface area contributed by atoms with Crippen molar-refractivity contribution in [1.82, 2.24) is 9.97 Å². The zero-order valence-electron chi connectivity index (χ0n) is 15.4.